The van der Waals surface area contributed by atoms with Crippen molar-refractivity contribution in [1.82, 2.24) is 4.90 Å². The number of rotatable bonds is 10. The van der Waals surface area contributed by atoms with Gasteiger partial charge in [0.15, 0.2) is 6.61 Å². The van der Waals surface area contributed by atoms with Gasteiger partial charge in [0, 0.05) is 36.6 Å². The van der Waals surface area contributed by atoms with Gasteiger partial charge in [-0.1, -0.05) is 18.5 Å². The fourth-order valence-corrected chi connectivity index (χ4v) is 3.72. The molecule has 31 heavy (non-hydrogen) atoms. The third-order valence-electron chi connectivity index (χ3n) is 5.26. The number of halogens is 3. The van der Waals surface area contributed by atoms with Gasteiger partial charge in [-0.25, -0.2) is 8.78 Å². The topological polar surface area (TPSA) is 65.0 Å². The summed E-state index contributed by atoms with van der Waals surface area (Å²) in [4.78, 5) is 16.5. The maximum atomic E-state index is 12.7. The molecule has 2 N–H and O–H groups in total. The number of alkyl halides is 2. The number of aliphatic hydroxyl groups is 1. The molecule has 1 aliphatic heterocycles. The number of fused-ring (bicyclic) bond motifs is 1. The fraction of sp³-hybridized carbons (Fsp3) is 0.409. The number of amides is 1. The maximum Gasteiger partial charge on any atom is 0.263 e. The van der Waals surface area contributed by atoms with E-state index in [0.29, 0.717) is 5.69 Å². The van der Waals surface area contributed by atoms with Gasteiger partial charge < -0.3 is 20.1 Å². The largest absolute Gasteiger partial charge is 0.482 e. The van der Waals surface area contributed by atoms with Crippen LogP contribution in [0.25, 0.3) is 0 Å². The zero-order valence-corrected chi connectivity index (χ0v) is 18.0. The molecule has 0 aromatic heterocycles. The molecule has 0 aliphatic carbocycles. The van der Waals surface area contributed by atoms with Gasteiger partial charge in [-0.15, -0.1) is 0 Å². The molecule has 6 nitrogen and oxygen atoms in total. The number of carbonyl (C=O) groups excluding carboxylic acids is 1. The van der Waals surface area contributed by atoms with Crippen LogP contribution in [0, 0.1) is 0 Å². The summed E-state index contributed by atoms with van der Waals surface area (Å²) in [6.45, 7) is 5.07. The van der Waals surface area contributed by atoms with E-state index in [9.17, 15) is 18.7 Å². The number of nitrogens with zero attached hydrogens (tertiary/aromatic N) is 2. The lowest BCUT2D eigenvalue weighted by atomic mass is 10.1. The molecule has 0 fully saturated rings. The lowest BCUT2D eigenvalue weighted by Gasteiger charge is -2.24. The Hall–Kier alpha value is -2.42. The highest BCUT2D eigenvalue weighted by Crippen LogP contribution is 2.31. The van der Waals surface area contributed by atoms with Crippen molar-refractivity contribution in [1.29, 1.82) is 0 Å². The van der Waals surface area contributed by atoms with Gasteiger partial charge in [-0.3, -0.25) is 9.69 Å². The molecular formula is C22H26ClF2N3O3. The molecule has 1 amide bonds. The van der Waals surface area contributed by atoms with Crippen molar-refractivity contribution < 1.29 is 23.4 Å². The van der Waals surface area contributed by atoms with E-state index < -0.39 is 6.43 Å². The van der Waals surface area contributed by atoms with Gasteiger partial charge in [0.05, 0.1) is 11.8 Å². The van der Waals surface area contributed by atoms with E-state index in [1.165, 1.54) is 12.1 Å². The van der Waals surface area contributed by atoms with E-state index in [-0.39, 0.29) is 35.6 Å². The van der Waals surface area contributed by atoms with Crippen LogP contribution in [0.4, 0.5) is 20.2 Å². The van der Waals surface area contributed by atoms with Crippen molar-refractivity contribution in [3.05, 3.63) is 52.5 Å². The van der Waals surface area contributed by atoms with Crippen molar-refractivity contribution in [3.8, 4) is 5.75 Å². The standard InChI is InChI=1S/C22H26ClF2N3O3/c1-2-27(14-29)9-10-28-8-7-15-11-17(4-5-19(15)28)26-21(30)13-31-20-6-3-16(22(24)25)12-18(20)23/h3-6,11-12,22,29H,2,7-10,13-14H2,1H3,(H,26,30). The molecule has 168 valence electrons. The Kier molecular flexibility index (Phi) is 8.06. The van der Waals surface area contributed by atoms with Crippen LogP contribution in [0.15, 0.2) is 36.4 Å². The van der Waals surface area contributed by atoms with E-state index in [0.717, 1.165) is 49.9 Å². The van der Waals surface area contributed by atoms with E-state index >= 15 is 0 Å². The molecule has 0 atom stereocenters. The van der Waals surface area contributed by atoms with Crippen molar-refractivity contribution in [2.75, 3.05) is 49.7 Å². The highest BCUT2D eigenvalue weighted by molar-refractivity contribution is 6.32. The first-order valence-corrected chi connectivity index (χ1v) is 10.5. The first-order valence-electron chi connectivity index (χ1n) is 10.1. The summed E-state index contributed by atoms with van der Waals surface area (Å²) in [5.41, 5.74) is 2.75. The Bertz CT molecular complexity index is 910. The third-order valence-corrected chi connectivity index (χ3v) is 5.55. The minimum atomic E-state index is -2.62. The zero-order chi connectivity index (χ0) is 22.4. The summed E-state index contributed by atoms with van der Waals surface area (Å²) in [5.74, 6) is -0.194. The molecule has 0 bridgehead atoms. The molecule has 0 saturated carbocycles. The number of benzene rings is 2. The molecule has 0 radical (unpaired) electrons. The number of nitrogens with one attached hydrogen (secondary N) is 1. The van der Waals surface area contributed by atoms with Gasteiger partial charge in [-0.2, -0.15) is 0 Å². The first kappa shape index (κ1) is 23.2. The molecule has 0 unspecified atom stereocenters. The Morgan fingerprint density at radius 3 is 2.81 bits per heavy atom. The smallest absolute Gasteiger partial charge is 0.263 e. The number of aliphatic hydroxyl groups excluding tert-OH is 1. The molecule has 1 aliphatic rings. The fourth-order valence-electron chi connectivity index (χ4n) is 3.48. The number of hydrogen-bond acceptors (Lipinski definition) is 5. The molecule has 3 rings (SSSR count). The lowest BCUT2D eigenvalue weighted by molar-refractivity contribution is -0.118. The summed E-state index contributed by atoms with van der Waals surface area (Å²) in [6.07, 6.45) is -1.74. The van der Waals surface area contributed by atoms with Gasteiger partial charge >= 0.3 is 0 Å². The average Bonchev–Trinajstić information content (AvgIpc) is 3.15. The van der Waals surface area contributed by atoms with Crippen LogP contribution in [0.5, 0.6) is 5.75 Å². The maximum absolute atomic E-state index is 12.7. The summed E-state index contributed by atoms with van der Waals surface area (Å²) in [5, 5.41) is 12.1. The van der Waals surface area contributed by atoms with Crippen LogP contribution in [0.1, 0.15) is 24.5 Å². The van der Waals surface area contributed by atoms with Crippen LogP contribution < -0.4 is 15.0 Å². The number of anilines is 2. The van der Waals surface area contributed by atoms with E-state index in [1.54, 1.807) is 0 Å². The van der Waals surface area contributed by atoms with Crippen LogP contribution in [0.3, 0.4) is 0 Å². The van der Waals surface area contributed by atoms with Crippen LogP contribution in [0.2, 0.25) is 5.02 Å². The van der Waals surface area contributed by atoms with Crippen molar-refractivity contribution >= 4 is 28.9 Å². The Balaban J connectivity index is 1.53. The second kappa shape index (κ2) is 10.7. The second-order valence-corrected chi connectivity index (χ2v) is 7.67. The predicted octanol–water partition coefficient (Wildman–Crippen LogP) is 3.93. The number of ether oxygens (including phenoxy) is 1. The summed E-state index contributed by atoms with van der Waals surface area (Å²) < 4.78 is 30.7. The van der Waals surface area contributed by atoms with Crippen molar-refractivity contribution in [2.45, 2.75) is 19.8 Å². The molecular weight excluding hydrogens is 428 g/mol. The minimum absolute atomic E-state index is 0.0334. The van der Waals surface area contributed by atoms with Gasteiger partial charge in [0.25, 0.3) is 12.3 Å². The van der Waals surface area contributed by atoms with Crippen LogP contribution >= 0.6 is 11.6 Å². The minimum Gasteiger partial charge on any atom is -0.482 e. The Morgan fingerprint density at radius 1 is 1.32 bits per heavy atom. The molecule has 0 saturated heterocycles. The number of hydrogen-bond donors (Lipinski definition) is 2. The normalized spacial score (nSPS) is 13.1. The van der Waals surface area contributed by atoms with Crippen LogP contribution in [-0.4, -0.2) is 55.4 Å². The number of likely N-dealkylation sites (N-methyl/N-ethyl adjacent to an activating group) is 1. The highest BCUT2D eigenvalue weighted by Gasteiger charge is 2.20. The van der Waals surface area contributed by atoms with E-state index in [1.807, 2.05) is 30.0 Å². The highest BCUT2D eigenvalue weighted by atomic mass is 35.5. The zero-order valence-electron chi connectivity index (χ0n) is 17.3. The second-order valence-electron chi connectivity index (χ2n) is 7.26. The molecule has 0 spiro atoms. The first-order chi connectivity index (χ1) is 14.9. The Labute approximate surface area is 185 Å². The van der Waals surface area contributed by atoms with Gasteiger partial charge in [-0.05, 0) is 54.9 Å². The third kappa shape index (κ3) is 6.06. The van der Waals surface area contributed by atoms with Gasteiger partial charge in [0.1, 0.15) is 5.75 Å². The quantitative estimate of drug-likeness (QED) is 0.534. The predicted molar refractivity (Wildman–Crippen MR) is 117 cm³/mol. The summed E-state index contributed by atoms with van der Waals surface area (Å²) in [7, 11) is 0. The molecule has 2 aromatic rings. The van der Waals surface area contributed by atoms with Crippen molar-refractivity contribution in [3.63, 3.8) is 0 Å². The van der Waals surface area contributed by atoms with Crippen LogP contribution in [-0.2, 0) is 11.2 Å². The molecule has 9 heteroatoms. The summed E-state index contributed by atoms with van der Waals surface area (Å²) in [6, 6.07) is 9.44. The average molecular weight is 454 g/mol. The van der Waals surface area contributed by atoms with E-state index in [4.69, 9.17) is 16.3 Å². The van der Waals surface area contributed by atoms with E-state index in [2.05, 4.69) is 10.2 Å². The van der Waals surface area contributed by atoms with Gasteiger partial charge in [0.2, 0.25) is 0 Å². The molecule has 2 aromatic carbocycles. The summed E-state index contributed by atoms with van der Waals surface area (Å²) >= 11 is 5.95. The monoisotopic (exact) mass is 453 g/mol. The van der Waals surface area contributed by atoms with Crippen molar-refractivity contribution in [2.24, 2.45) is 0 Å². The SMILES string of the molecule is CCN(CO)CCN1CCc2cc(NC(=O)COc3ccc(C(F)F)cc3Cl)ccc21. The molecule has 1 heterocycles. The number of carbonyl (C=O) groups is 1. The Morgan fingerprint density at radius 2 is 2.13 bits per heavy atom. The lowest BCUT2D eigenvalue weighted by Crippen LogP contribution is -2.34.